The second-order valence-corrected chi connectivity index (χ2v) is 6.88. The van der Waals surface area contributed by atoms with Crippen LogP contribution in [0.1, 0.15) is 36.7 Å². The van der Waals surface area contributed by atoms with Gasteiger partial charge in [0.1, 0.15) is 18.1 Å². The summed E-state index contributed by atoms with van der Waals surface area (Å²) in [6.45, 7) is 5.14. The number of rotatable bonds is 6. The number of alkyl halides is 1. The van der Waals surface area contributed by atoms with Crippen LogP contribution in [0.4, 0.5) is 15.9 Å². The van der Waals surface area contributed by atoms with Gasteiger partial charge in [0.15, 0.2) is 11.5 Å². The second-order valence-electron chi connectivity index (χ2n) is 6.88. The van der Waals surface area contributed by atoms with Crippen molar-refractivity contribution in [1.82, 2.24) is 25.1 Å². The quantitative estimate of drug-likeness (QED) is 0.581. The van der Waals surface area contributed by atoms with Crippen LogP contribution in [0.25, 0.3) is 16.9 Å². The Bertz CT molecular complexity index is 1100. The average Bonchev–Trinajstić information content (AvgIpc) is 3.07. The van der Waals surface area contributed by atoms with Gasteiger partial charge in [0.05, 0.1) is 23.0 Å². The third kappa shape index (κ3) is 4.24. The molecule has 0 spiro atoms. The van der Waals surface area contributed by atoms with Gasteiger partial charge >= 0.3 is 0 Å². The largest absolute Gasteiger partial charge is 0.383 e. The van der Waals surface area contributed by atoms with Gasteiger partial charge in [-0.05, 0) is 26.8 Å². The fourth-order valence-corrected chi connectivity index (χ4v) is 2.73. The van der Waals surface area contributed by atoms with Gasteiger partial charge in [0, 0.05) is 30.2 Å². The van der Waals surface area contributed by atoms with Gasteiger partial charge in [-0.1, -0.05) is 0 Å². The predicted molar refractivity (Wildman–Crippen MR) is 107 cm³/mol. The number of fused-ring (bicyclic) bond motifs is 1. The third-order valence-electron chi connectivity index (χ3n) is 4.03. The fourth-order valence-electron chi connectivity index (χ4n) is 2.73. The molecule has 10 heteroatoms. The SMILES string of the molecule is CC(F)CNC(=O)c1cnc(-n2ncc3cc(C#N)c(N)nc32)cc1NC(C)C. The molecule has 3 aromatic rings. The van der Waals surface area contributed by atoms with E-state index in [0.29, 0.717) is 28.1 Å². The number of carbonyl (C=O) groups is 1. The summed E-state index contributed by atoms with van der Waals surface area (Å²) in [4.78, 5) is 21.0. The van der Waals surface area contributed by atoms with E-state index in [1.807, 2.05) is 19.9 Å². The number of carbonyl (C=O) groups excluding carboxylic acids is 1. The van der Waals surface area contributed by atoms with E-state index in [1.54, 1.807) is 18.3 Å². The number of anilines is 2. The lowest BCUT2D eigenvalue weighted by Crippen LogP contribution is -2.30. The van der Waals surface area contributed by atoms with Gasteiger partial charge in [0.2, 0.25) is 0 Å². The van der Waals surface area contributed by atoms with E-state index in [9.17, 15) is 9.18 Å². The zero-order valence-corrected chi connectivity index (χ0v) is 16.3. The first-order valence-corrected chi connectivity index (χ1v) is 9.03. The van der Waals surface area contributed by atoms with Crippen molar-refractivity contribution in [1.29, 1.82) is 5.26 Å². The lowest BCUT2D eigenvalue weighted by Gasteiger charge is -2.16. The fraction of sp³-hybridized carbons (Fsp3) is 0.316. The number of halogens is 1. The van der Waals surface area contributed by atoms with Crippen LogP contribution in [0.2, 0.25) is 0 Å². The van der Waals surface area contributed by atoms with Crippen LogP contribution in [0.3, 0.4) is 0 Å². The summed E-state index contributed by atoms with van der Waals surface area (Å²) in [6.07, 6.45) is 1.81. The molecule has 150 valence electrons. The van der Waals surface area contributed by atoms with E-state index in [1.165, 1.54) is 17.8 Å². The van der Waals surface area contributed by atoms with Gasteiger partial charge < -0.3 is 16.4 Å². The van der Waals surface area contributed by atoms with E-state index in [4.69, 9.17) is 11.0 Å². The summed E-state index contributed by atoms with van der Waals surface area (Å²) in [7, 11) is 0. The van der Waals surface area contributed by atoms with E-state index < -0.39 is 12.1 Å². The van der Waals surface area contributed by atoms with Gasteiger partial charge in [-0.3, -0.25) is 4.79 Å². The van der Waals surface area contributed by atoms with Crippen LogP contribution < -0.4 is 16.4 Å². The maximum Gasteiger partial charge on any atom is 0.255 e. The highest BCUT2D eigenvalue weighted by Gasteiger charge is 2.17. The molecule has 0 fully saturated rings. The molecule has 4 N–H and O–H groups in total. The first-order chi connectivity index (χ1) is 13.8. The van der Waals surface area contributed by atoms with Gasteiger partial charge in [-0.2, -0.15) is 15.0 Å². The normalized spacial score (nSPS) is 12.0. The highest BCUT2D eigenvalue weighted by molar-refractivity contribution is 5.99. The Morgan fingerprint density at radius 2 is 2.10 bits per heavy atom. The van der Waals surface area contributed by atoms with Crippen LogP contribution in [-0.2, 0) is 0 Å². The van der Waals surface area contributed by atoms with Crippen LogP contribution in [-0.4, -0.2) is 44.4 Å². The number of hydrogen-bond donors (Lipinski definition) is 3. The van der Waals surface area contributed by atoms with Crippen molar-refractivity contribution in [3.63, 3.8) is 0 Å². The van der Waals surface area contributed by atoms with E-state index in [-0.39, 0.29) is 24.0 Å². The minimum Gasteiger partial charge on any atom is -0.383 e. The topological polar surface area (TPSA) is 135 Å². The molecule has 0 bridgehead atoms. The first-order valence-electron chi connectivity index (χ1n) is 9.03. The minimum absolute atomic E-state index is 0.0400. The number of nitrogens with one attached hydrogen (secondary N) is 2. The number of pyridine rings is 2. The second kappa shape index (κ2) is 8.10. The molecule has 1 amide bonds. The summed E-state index contributed by atoms with van der Waals surface area (Å²) in [6, 6.07) is 5.29. The Hall–Kier alpha value is -3.74. The number of nitrogen functional groups attached to an aromatic ring is 1. The highest BCUT2D eigenvalue weighted by atomic mass is 19.1. The maximum atomic E-state index is 13.1. The lowest BCUT2D eigenvalue weighted by atomic mass is 10.2. The highest BCUT2D eigenvalue weighted by Crippen LogP contribution is 2.23. The number of aromatic nitrogens is 4. The van der Waals surface area contributed by atoms with E-state index in [0.717, 1.165) is 0 Å². The zero-order chi connectivity index (χ0) is 21.1. The smallest absolute Gasteiger partial charge is 0.255 e. The first kappa shape index (κ1) is 20.0. The Labute approximate surface area is 166 Å². The van der Waals surface area contributed by atoms with Crippen molar-refractivity contribution < 1.29 is 9.18 Å². The number of nitriles is 1. The standard InChI is InChI=1S/C19H21FN8O/c1-10(2)26-15-5-16(23-9-14(15)19(29)24-7-11(3)20)28-18-13(8-25-28)4-12(6-21)17(22)27-18/h4-5,8-11H,7H2,1-3H3,(H2,22,27)(H,23,26)(H,24,29). The molecule has 0 aliphatic carbocycles. The van der Waals surface area contributed by atoms with Crippen LogP contribution in [0.15, 0.2) is 24.5 Å². The van der Waals surface area contributed by atoms with Gasteiger partial charge in [-0.15, -0.1) is 0 Å². The summed E-state index contributed by atoms with van der Waals surface area (Å²) < 4.78 is 14.6. The lowest BCUT2D eigenvalue weighted by molar-refractivity contribution is 0.0944. The van der Waals surface area contributed by atoms with Crippen molar-refractivity contribution in [3.8, 4) is 11.9 Å². The Morgan fingerprint density at radius 3 is 2.76 bits per heavy atom. The molecular weight excluding hydrogens is 375 g/mol. The molecule has 3 heterocycles. The van der Waals surface area contributed by atoms with E-state index in [2.05, 4.69) is 25.7 Å². The summed E-state index contributed by atoms with van der Waals surface area (Å²) >= 11 is 0. The van der Waals surface area contributed by atoms with Crippen LogP contribution >= 0.6 is 0 Å². The zero-order valence-electron chi connectivity index (χ0n) is 16.3. The Balaban J connectivity index is 2.05. The number of amides is 1. The third-order valence-corrected chi connectivity index (χ3v) is 4.03. The van der Waals surface area contributed by atoms with E-state index >= 15 is 0 Å². The van der Waals surface area contributed by atoms with Crippen LogP contribution in [0.5, 0.6) is 0 Å². The molecule has 0 saturated carbocycles. The average molecular weight is 396 g/mol. The number of hydrogen-bond acceptors (Lipinski definition) is 7. The number of nitrogens with two attached hydrogens (primary N) is 1. The minimum atomic E-state index is -1.15. The molecule has 1 unspecified atom stereocenters. The van der Waals surface area contributed by atoms with Crippen LogP contribution in [0, 0.1) is 11.3 Å². The molecule has 29 heavy (non-hydrogen) atoms. The molecule has 3 rings (SSSR count). The van der Waals surface area contributed by atoms with Gasteiger partial charge in [-0.25, -0.2) is 14.4 Å². The predicted octanol–water partition coefficient (Wildman–Crippen LogP) is 2.18. The molecule has 9 nitrogen and oxygen atoms in total. The van der Waals surface area contributed by atoms with Crippen molar-refractivity contribution in [2.75, 3.05) is 17.6 Å². The summed E-state index contributed by atoms with van der Waals surface area (Å²) in [5, 5.41) is 19.8. The van der Waals surface area contributed by atoms with Gasteiger partial charge in [0.25, 0.3) is 5.91 Å². The maximum absolute atomic E-state index is 13.1. The molecule has 1 atom stereocenters. The summed E-state index contributed by atoms with van der Waals surface area (Å²) in [5.74, 6) is 0.0804. The molecule has 0 saturated heterocycles. The molecule has 0 aliphatic heterocycles. The molecule has 0 radical (unpaired) electrons. The van der Waals surface area contributed by atoms with Crippen molar-refractivity contribution in [2.45, 2.75) is 33.0 Å². The molecule has 0 aliphatic rings. The molecule has 0 aromatic carbocycles. The Kier molecular flexibility index (Phi) is 5.59. The van der Waals surface area contributed by atoms with Crippen molar-refractivity contribution in [3.05, 3.63) is 35.7 Å². The van der Waals surface area contributed by atoms with Crippen molar-refractivity contribution in [2.24, 2.45) is 0 Å². The monoisotopic (exact) mass is 396 g/mol. The molecular formula is C19H21FN8O. The van der Waals surface area contributed by atoms with Crippen molar-refractivity contribution >= 4 is 28.4 Å². The summed E-state index contributed by atoms with van der Waals surface area (Å²) in [5.41, 5.74) is 7.35. The molecule has 3 aromatic heterocycles. The number of nitrogens with zero attached hydrogens (tertiary/aromatic N) is 5. The Morgan fingerprint density at radius 1 is 1.34 bits per heavy atom.